The third-order valence-electron chi connectivity index (χ3n) is 4.79. The molecule has 3 aromatic rings. The Bertz CT molecular complexity index is 1130. The lowest BCUT2D eigenvalue weighted by atomic mass is 10.2. The van der Waals surface area contributed by atoms with Crippen LogP contribution in [0.15, 0.2) is 53.1 Å². The number of amides is 2. The molecule has 9 nitrogen and oxygen atoms in total. The molecule has 0 aliphatic heterocycles. The molecule has 0 saturated heterocycles. The van der Waals surface area contributed by atoms with Gasteiger partial charge in [0.05, 0.1) is 16.8 Å². The fourth-order valence-corrected chi connectivity index (χ4v) is 2.94. The first-order chi connectivity index (χ1) is 15.7. The molecule has 0 saturated carbocycles. The van der Waals surface area contributed by atoms with Gasteiger partial charge in [-0.25, -0.2) is 4.79 Å². The van der Waals surface area contributed by atoms with Gasteiger partial charge in [-0.2, -0.15) is 0 Å². The summed E-state index contributed by atoms with van der Waals surface area (Å²) in [4.78, 5) is 37.9. The highest BCUT2D eigenvalue weighted by molar-refractivity contribution is 5.97. The number of anilines is 1. The normalized spacial score (nSPS) is 10.4. The highest BCUT2D eigenvalue weighted by Gasteiger charge is 2.14. The van der Waals surface area contributed by atoms with E-state index in [9.17, 15) is 14.4 Å². The van der Waals surface area contributed by atoms with Crippen molar-refractivity contribution in [2.24, 2.45) is 0 Å². The van der Waals surface area contributed by atoms with E-state index in [0.717, 1.165) is 11.3 Å². The van der Waals surface area contributed by atoms with E-state index in [0.29, 0.717) is 22.8 Å². The molecule has 9 heteroatoms. The van der Waals surface area contributed by atoms with E-state index in [1.807, 2.05) is 6.92 Å². The lowest BCUT2D eigenvalue weighted by molar-refractivity contribution is -0.119. The van der Waals surface area contributed by atoms with Crippen LogP contribution in [0.2, 0.25) is 0 Å². The largest absolute Gasteiger partial charge is 0.489 e. The van der Waals surface area contributed by atoms with Gasteiger partial charge in [-0.3, -0.25) is 9.59 Å². The van der Waals surface area contributed by atoms with Crippen LogP contribution >= 0.6 is 0 Å². The topological polar surface area (TPSA) is 111 Å². The van der Waals surface area contributed by atoms with Crippen molar-refractivity contribution in [3.8, 4) is 5.75 Å². The molecule has 1 N–H and O–H groups in total. The van der Waals surface area contributed by atoms with E-state index in [2.05, 4.69) is 10.5 Å². The number of ether oxygens (including phenoxy) is 2. The molecule has 0 aliphatic rings. The van der Waals surface area contributed by atoms with E-state index in [4.69, 9.17) is 14.0 Å². The van der Waals surface area contributed by atoms with Crippen molar-refractivity contribution >= 4 is 23.5 Å². The van der Waals surface area contributed by atoms with Crippen molar-refractivity contribution in [2.75, 3.05) is 26.0 Å². The summed E-state index contributed by atoms with van der Waals surface area (Å²) in [6.45, 7) is 3.42. The van der Waals surface area contributed by atoms with Crippen LogP contribution in [0.4, 0.5) is 5.69 Å². The molecule has 0 radical (unpaired) electrons. The van der Waals surface area contributed by atoms with Gasteiger partial charge in [-0.05, 0) is 56.3 Å². The molecule has 0 unspecified atom stereocenters. The molecule has 0 bridgehead atoms. The van der Waals surface area contributed by atoms with Gasteiger partial charge in [0.25, 0.3) is 11.8 Å². The highest BCUT2D eigenvalue weighted by Crippen LogP contribution is 2.19. The average Bonchev–Trinajstić information content (AvgIpc) is 3.13. The summed E-state index contributed by atoms with van der Waals surface area (Å²) in [5, 5.41) is 6.50. The van der Waals surface area contributed by atoms with E-state index >= 15 is 0 Å². The number of nitrogens with zero attached hydrogens (tertiary/aromatic N) is 2. The Morgan fingerprint density at radius 2 is 1.76 bits per heavy atom. The maximum Gasteiger partial charge on any atom is 0.338 e. The lowest BCUT2D eigenvalue weighted by Gasteiger charge is -2.11. The van der Waals surface area contributed by atoms with E-state index in [-0.39, 0.29) is 18.1 Å². The monoisotopic (exact) mass is 451 g/mol. The summed E-state index contributed by atoms with van der Waals surface area (Å²) in [7, 11) is 3.32. The Labute approximate surface area is 191 Å². The zero-order valence-electron chi connectivity index (χ0n) is 18.9. The molecule has 2 aromatic carbocycles. The molecule has 33 heavy (non-hydrogen) atoms. The lowest BCUT2D eigenvalue weighted by Crippen LogP contribution is -2.22. The number of aromatic nitrogens is 1. The number of esters is 1. The van der Waals surface area contributed by atoms with Crippen molar-refractivity contribution < 1.29 is 28.4 Å². The summed E-state index contributed by atoms with van der Waals surface area (Å²) in [6, 6.07) is 12.9. The quantitative estimate of drug-likeness (QED) is 0.523. The van der Waals surface area contributed by atoms with Crippen molar-refractivity contribution in [3.05, 3.63) is 76.7 Å². The SMILES string of the molecule is Cc1noc(C)c1COc1cccc(C(=O)OCC(=O)Nc2ccc(C(=O)N(C)C)cc2)c1. The van der Waals surface area contributed by atoms with Crippen molar-refractivity contribution in [2.45, 2.75) is 20.5 Å². The van der Waals surface area contributed by atoms with Gasteiger partial charge in [0, 0.05) is 25.3 Å². The second-order valence-corrected chi connectivity index (χ2v) is 7.52. The third-order valence-corrected chi connectivity index (χ3v) is 4.79. The van der Waals surface area contributed by atoms with Crippen LogP contribution in [0, 0.1) is 13.8 Å². The number of carbonyl (C=O) groups excluding carboxylic acids is 3. The number of rotatable bonds is 8. The Morgan fingerprint density at radius 1 is 1.03 bits per heavy atom. The smallest absolute Gasteiger partial charge is 0.338 e. The van der Waals surface area contributed by atoms with Gasteiger partial charge in [0.2, 0.25) is 0 Å². The zero-order valence-corrected chi connectivity index (χ0v) is 18.9. The predicted octanol–water partition coefficient (Wildman–Crippen LogP) is 3.37. The molecule has 0 spiro atoms. The minimum Gasteiger partial charge on any atom is -0.489 e. The Morgan fingerprint density at radius 3 is 2.39 bits per heavy atom. The molecular weight excluding hydrogens is 426 g/mol. The molecule has 172 valence electrons. The molecule has 2 amide bonds. The Balaban J connectivity index is 1.51. The molecular formula is C24H25N3O6. The minimum atomic E-state index is -0.653. The van der Waals surface area contributed by atoms with Crippen LogP contribution < -0.4 is 10.1 Å². The number of nitrogens with one attached hydrogen (secondary N) is 1. The molecule has 1 aromatic heterocycles. The van der Waals surface area contributed by atoms with Gasteiger partial charge in [0.15, 0.2) is 6.61 Å². The summed E-state index contributed by atoms with van der Waals surface area (Å²) >= 11 is 0. The summed E-state index contributed by atoms with van der Waals surface area (Å²) < 4.78 is 16.0. The Hall–Kier alpha value is -4.14. The number of hydrogen-bond acceptors (Lipinski definition) is 7. The predicted molar refractivity (Wildman–Crippen MR) is 120 cm³/mol. The van der Waals surface area contributed by atoms with Crippen LogP contribution in [-0.4, -0.2) is 48.5 Å². The van der Waals surface area contributed by atoms with Gasteiger partial charge in [-0.15, -0.1) is 0 Å². The Kier molecular flexibility index (Phi) is 7.45. The first kappa shape index (κ1) is 23.5. The van der Waals surface area contributed by atoms with Crippen LogP contribution in [0.25, 0.3) is 0 Å². The summed E-state index contributed by atoms with van der Waals surface area (Å²) in [6.07, 6.45) is 0. The van der Waals surface area contributed by atoms with Gasteiger partial charge < -0.3 is 24.2 Å². The van der Waals surface area contributed by atoms with Crippen LogP contribution in [0.1, 0.15) is 37.7 Å². The van der Waals surface area contributed by atoms with E-state index < -0.39 is 18.5 Å². The van der Waals surface area contributed by atoms with Crippen molar-refractivity contribution in [3.63, 3.8) is 0 Å². The van der Waals surface area contributed by atoms with Crippen LogP contribution in [-0.2, 0) is 16.1 Å². The molecule has 0 aliphatic carbocycles. The number of aryl methyl sites for hydroxylation is 2. The molecule has 0 atom stereocenters. The van der Waals surface area contributed by atoms with Gasteiger partial charge >= 0.3 is 5.97 Å². The fraction of sp³-hybridized carbons (Fsp3) is 0.250. The summed E-state index contributed by atoms with van der Waals surface area (Å²) in [5.41, 5.74) is 2.83. The third kappa shape index (κ3) is 6.19. The van der Waals surface area contributed by atoms with E-state index in [1.165, 1.54) is 4.90 Å². The standard InChI is InChI=1S/C24H25N3O6/c1-15-21(16(2)33-26-15)13-31-20-7-5-6-18(12-20)24(30)32-14-22(28)25-19-10-8-17(9-11-19)23(29)27(3)4/h5-12H,13-14H2,1-4H3,(H,25,28). The van der Waals surface area contributed by atoms with Crippen molar-refractivity contribution in [1.82, 2.24) is 10.1 Å². The number of benzene rings is 2. The maximum absolute atomic E-state index is 12.4. The number of carbonyl (C=O) groups is 3. The highest BCUT2D eigenvalue weighted by atomic mass is 16.5. The maximum atomic E-state index is 12.4. The number of hydrogen-bond donors (Lipinski definition) is 1. The van der Waals surface area contributed by atoms with E-state index in [1.54, 1.807) is 69.6 Å². The molecule has 1 heterocycles. The second-order valence-electron chi connectivity index (χ2n) is 7.52. The van der Waals surface area contributed by atoms with Gasteiger partial charge in [-0.1, -0.05) is 11.2 Å². The van der Waals surface area contributed by atoms with Crippen LogP contribution in [0.3, 0.4) is 0 Å². The summed E-state index contributed by atoms with van der Waals surface area (Å²) in [5.74, 6) is -0.144. The zero-order chi connectivity index (χ0) is 24.0. The first-order valence-corrected chi connectivity index (χ1v) is 10.2. The molecule has 3 rings (SSSR count). The minimum absolute atomic E-state index is 0.139. The van der Waals surface area contributed by atoms with Crippen LogP contribution in [0.5, 0.6) is 5.75 Å². The average molecular weight is 451 g/mol. The first-order valence-electron chi connectivity index (χ1n) is 10.2. The van der Waals surface area contributed by atoms with Gasteiger partial charge in [0.1, 0.15) is 18.1 Å². The van der Waals surface area contributed by atoms with Crippen molar-refractivity contribution in [1.29, 1.82) is 0 Å². The molecule has 0 fully saturated rings. The second kappa shape index (κ2) is 10.4. The fourth-order valence-electron chi connectivity index (χ4n) is 2.94.